The van der Waals surface area contributed by atoms with Gasteiger partial charge in [-0.3, -0.25) is 0 Å². The molecular weight excluding hydrogens is 155 g/mol. The van der Waals surface area contributed by atoms with Crippen LogP contribution in [-0.4, -0.2) is 6.86 Å². The minimum atomic E-state index is -0.875. The number of alkyl halides is 1. The number of benzene rings is 1. The van der Waals surface area contributed by atoms with Gasteiger partial charge >= 0.3 is 0 Å². The van der Waals surface area contributed by atoms with Gasteiger partial charge in [0.1, 0.15) is 5.75 Å². The Balaban J connectivity index is 2.81. The molecule has 0 amide bonds. The van der Waals surface area contributed by atoms with Crippen molar-refractivity contribution in [3.63, 3.8) is 0 Å². The molecule has 0 N–H and O–H groups in total. The third-order valence-corrected chi connectivity index (χ3v) is 1.27. The second-order valence-electron chi connectivity index (χ2n) is 1.60. The van der Waals surface area contributed by atoms with Crippen LogP contribution in [0.3, 0.4) is 0 Å². The fraction of sp³-hybridized carbons (Fsp3) is 0.143. The second-order valence-corrected chi connectivity index (χ2v) is 2.01. The Morgan fingerprint density at radius 3 is 3.10 bits per heavy atom. The minimum Gasteiger partial charge on any atom is -0.461 e. The highest BCUT2D eigenvalue weighted by Gasteiger charge is 1.97. The lowest BCUT2D eigenvalue weighted by atomic mass is 10.3. The Morgan fingerprint density at radius 2 is 2.50 bits per heavy atom. The first kappa shape index (κ1) is 7.35. The molecular formula is C7H5ClFO. The summed E-state index contributed by atoms with van der Waals surface area (Å²) in [6.07, 6.45) is 0. The van der Waals surface area contributed by atoms with Crippen LogP contribution in [0.2, 0.25) is 5.02 Å². The van der Waals surface area contributed by atoms with Gasteiger partial charge in [0.2, 0.25) is 6.86 Å². The van der Waals surface area contributed by atoms with E-state index >= 15 is 0 Å². The highest BCUT2D eigenvalue weighted by atomic mass is 35.5. The largest absolute Gasteiger partial charge is 0.461 e. The maximum Gasteiger partial charge on any atom is 0.228 e. The summed E-state index contributed by atoms with van der Waals surface area (Å²) >= 11 is 5.58. The molecule has 3 heteroatoms. The highest BCUT2D eigenvalue weighted by molar-refractivity contribution is 6.31. The normalized spacial score (nSPS) is 9.40. The van der Waals surface area contributed by atoms with Gasteiger partial charge in [-0.1, -0.05) is 23.7 Å². The summed E-state index contributed by atoms with van der Waals surface area (Å²) in [6, 6.07) is 7.57. The molecule has 0 spiro atoms. The predicted octanol–water partition coefficient (Wildman–Crippen LogP) is 2.45. The number of halogens is 2. The molecule has 0 aliphatic heterocycles. The van der Waals surface area contributed by atoms with Crippen molar-refractivity contribution in [1.29, 1.82) is 0 Å². The second kappa shape index (κ2) is 3.42. The van der Waals surface area contributed by atoms with Crippen LogP contribution in [0, 0.1) is 6.07 Å². The summed E-state index contributed by atoms with van der Waals surface area (Å²) < 4.78 is 16.0. The molecule has 53 valence electrons. The summed E-state index contributed by atoms with van der Waals surface area (Å²) in [7, 11) is 0. The van der Waals surface area contributed by atoms with Crippen molar-refractivity contribution < 1.29 is 9.13 Å². The molecule has 0 saturated heterocycles. The average Bonchev–Trinajstić information content (AvgIpc) is 1.94. The van der Waals surface area contributed by atoms with Gasteiger partial charge in [-0.25, -0.2) is 4.39 Å². The zero-order valence-electron chi connectivity index (χ0n) is 5.10. The Kier molecular flexibility index (Phi) is 2.51. The molecule has 1 aromatic rings. The monoisotopic (exact) mass is 159 g/mol. The summed E-state index contributed by atoms with van der Waals surface area (Å²) in [5, 5.41) is 0.375. The number of ether oxygens (including phenoxy) is 1. The minimum absolute atomic E-state index is 0.256. The van der Waals surface area contributed by atoms with E-state index in [-0.39, 0.29) is 5.75 Å². The van der Waals surface area contributed by atoms with Gasteiger partial charge in [0.15, 0.2) is 0 Å². The van der Waals surface area contributed by atoms with Crippen LogP contribution in [0.15, 0.2) is 18.2 Å². The molecule has 10 heavy (non-hydrogen) atoms. The van der Waals surface area contributed by atoms with Crippen LogP contribution in [0.1, 0.15) is 0 Å². The van der Waals surface area contributed by atoms with Crippen LogP contribution < -0.4 is 4.74 Å². The summed E-state index contributed by atoms with van der Waals surface area (Å²) in [6.45, 7) is -0.875. The summed E-state index contributed by atoms with van der Waals surface area (Å²) in [5.74, 6) is 0.256. The first-order valence-corrected chi connectivity index (χ1v) is 3.07. The predicted molar refractivity (Wildman–Crippen MR) is 36.9 cm³/mol. The smallest absolute Gasteiger partial charge is 0.228 e. The molecule has 1 radical (unpaired) electrons. The van der Waals surface area contributed by atoms with Crippen molar-refractivity contribution in [2.45, 2.75) is 0 Å². The van der Waals surface area contributed by atoms with Crippen LogP contribution in [0.5, 0.6) is 5.75 Å². The van der Waals surface area contributed by atoms with Crippen molar-refractivity contribution in [1.82, 2.24) is 0 Å². The van der Waals surface area contributed by atoms with E-state index in [1.54, 1.807) is 18.2 Å². The molecule has 0 saturated carbocycles. The fourth-order valence-corrected chi connectivity index (χ4v) is 0.748. The molecule has 0 aliphatic carbocycles. The Morgan fingerprint density at radius 1 is 1.70 bits per heavy atom. The molecule has 0 heterocycles. The van der Waals surface area contributed by atoms with Crippen molar-refractivity contribution >= 4 is 11.6 Å². The van der Waals surface area contributed by atoms with E-state index in [9.17, 15) is 4.39 Å². The zero-order valence-corrected chi connectivity index (χ0v) is 5.86. The van der Waals surface area contributed by atoms with E-state index in [4.69, 9.17) is 11.6 Å². The van der Waals surface area contributed by atoms with Crippen molar-refractivity contribution in [2.75, 3.05) is 6.86 Å². The van der Waals surface area contributed by atoms with Crippen LogP contribution in [0.25, 0.3) is 0 Å². The Labute approximate surface area is 63.4 Å². The van der Waals surface area contributed by atoms with Gasteiger partial charge in [-0.15, -0.1) is 0 Å². The average molecular weight is 160 g/mol. The summed E-state index contributed by atoms with van der Waals surface area (Å²) in [5.41, 5.74) is 0. The molecule has 0 fully saturated rings. The van der Waals surface area contributed by atoms with Gasteiger partial charge in [0.05, 0.1) is 5.02 Å². The van der Waals surface area contributed by atoms with Crippen LogP contribution >= 0.6 is 11.6 Å². The third kappa shape index (κ3) is 1.61. The number of rotatable bonds is 2. The molecule has 1 aromatic carbocycles. The van der Waals surface area contributed by atoms with Crippen molar-refractivity contribution in [2.24, 2.45) is 0 Å². The van der Waals surface area contributed by atoms with E-state index in [2.05, 4.69) is 10.8 Å². The molecule has 0 aromatic heterocycles. The number of para-hydroxylation sites is 1. The molecule has 0 aliphatic rings. The first-order chi connectivity index (χ1) is 4.84. The third-order valence-electron chi connectivity index (χ3n) is 0.969. The number of hydrogen-bond acceptors (Lipinski definition) is 1. The van der Waals surface area contributed by atoms with Crippen molar-refractivity contribution in [3.05, 3.63) is 29.3 Å². The molecule has 0 bridgehead atoms. The fourth-order valence-electron chi connectivity index (χ4n) is 0.566. The van der Waals surface area contributed by atoms with Gasteiger partial charge in [0.25, 0.3) is 0 Å². The van der Waals surface area contributed by atoms with Gasteiger partial charge < -0.3 is 4.74 Å². The standard InChI is InChI=1S/C7H5ClFO/c8-6-3-1-2-4-7(6)10-5-9/h1-3H,5H2. The quantitative estimate of drug-likeness (QED) is 0.644. The van der Waals surface area contributed by atoms with Crippen LogP contribution in [-0.2, 0) is 0 Å². The van der Waals surface area contributed by atoms with E-state index in [1.165, 1.54) is 0 Å². The lowest BCUT2D eigenvalue weighted by Crippen LogP contribution is -1.89. The molecule has 0 atom stereocenters. The Bertz CT molecular complexity index is 215. The van der Waals surface area contributed by atoms with E-state index in [0.29, 0.717) is 5.02 Å². The molecule has 1 rings (SSSR count). The summed E-state index contributed by atoms with van der Waals surface area (Å²) in [4.78, 5) is 0. The molecule has 0 unspecified atom stereocenters. The molecule has 1 nitrogen and oxygen atoms in total. The highest BCUT2D eigenvalue weighted by Crippen LogP contribution is 2.22. The van der Waals surface area contributed by atoms with Crippen molar-refractivity contribution in [3.8, 4) is 5.75 Å². The van der Waals surface area contributed by atoms with E-state index in [0.717, 1.165) is 0 Å². The lowest BCUT2D eigenvalue weighted by Gasteiger charge is -2.00. The van der Waals surface area contributed by atoms with E-state index < -0.39 is 6.86 Å². The van der Waals surface area contributed by atoms with Gasteiger partial charge in [-0.05, 0) is 6.07 Å². The first-order valence-electron chi connectivity index (χ1n) is 2.69. The Hall–Kier alpha value is -0.760. The van der Waals surface area contributed by atoms with Gasteiger partial charge in [0, 0.05) is 6.07 Å². The van der Waals surface area contributed by atoms with Crippen LogP contribution in [0.4, 0.5) is 4.39 Å². The maximum absolute atomic E-state index is 11.6. The number of hydrogen-bond donors (Lipinski definition) is 0. The zero-order chi connectivity index (χ0) is 7.40. The van der Waals surface area contributed by atoms with E-state index in [1.807, 2.05) is 0 Å². The SMILES string of the molecule is FCOc1[c]cccc1Cl. The lowest BCUT2D eigenvalue weighted by molar-refractivity contribution is 0.191. The maximum atomic E-state index is 11.6. The topological polar surface area (TPSA) is 9.23 Å². The van der Waals surface area contributed by atoms with Gasteiger partial charge in [-0.2, -0.15) is 0 Å².